The van der Waals surface area contributed by atoms with Crippen molar-refractivity contribution in [2.24, 2.45) is 0 Å². The Morgan fingerprint density at radius 1 is 1.40 bits per heavy atom. The van der Waals surface area contributed by atoms with Crippen LogP contribution in [-0.4, -0.2) is 0 Å². The van der Waals surface area contributed by atoms with Crippen molar-refractivity contribution in [3.63, 3.8) is 0 Å². The topological polar surface area (TPSA) is 17.1 Å². The standard InChI is InChI=1S/O.2S.2W. The minimum absolute atomic E-state index is 0.333. The molecule has 0 heterocycles. The van der Waals surface area contributed by atoms with Crippen molar-refractivity contribution in [1.29, 1.82) is 0 Å². The van der Waals surface area contributed by atoms with E-state index in [2.05, 4.69) is 19.6 Å². The van der Waals surface area contributed by atoms with Gasteiger partial charge < -0.3 is 0 Å². The van der Waals surface area contributed by atoms with Crippen LogP contribution in [0.25, 0.3) is 0 Å². The molecular weight excluding hydrogens is 448 g/mol. The molecule has 0 amide bonds. The van der Waals surface area contributed by atoms with E-state index in [0.717, 1.165) is 0 Å². The molecule has 0 aromatic carbocycles. The van der Waals surface area contributed by atoms with E-state index in [-0.39, 0.29) is 0 Å². The van der Waals surface area contributed by atoms with E-state index in [0.29, 0.717) is 19.8 Å². The van der Waals surface area contributed by atoms with Crippen molar-refractivity contribution in [3.8, 4) is 0 Å². The first-order valence-corrected chi connectivity index (χ1v) is 9.55. The molecule has 0 radical (unpaired) electrons. The van der Waals surface area contributed by atoms with Crippen molar-refractivity contribution in [2.75, 3.05) is 0 Å². The van der Waals surface area contributed by atoms with Crippen LogP contribution in [-0.2, 0) is 38.1 Å². The van der Waals surface area contributed by atoms with Crippen molar-refractivity contribution in [2.45, 2.75) is 0 Å². The van der Waals surface area contributed by atoms with Gasteiger partial charge in [0.1, 0.15) is 0 Å². The molecule has 30 valence electrons. The van der Waals surface area contributed by atoms with Crippen molar-refractivity contribution >= 4 is 19.6 Å². The summed E-state index contributed by atoms with van der Waals surface area (Å²) in [6.45, 7) is 0. The first kappa shape index (κ1) is 9.79. The summed E-state index contributed by atoms with van der Waals surface area (Å²) in [5, 5.41) is 0. The van der Waals surface area contributed by atoms with Crippen molar-refractivity contribution in [3.05, 3.63) is 0 Å². The Kier molecular flexibility index (Phi) is 34.2. The van der Waals surface area contributed by atoms with E-state index >= 15 is 0 Å². The number of hydrogen-bond donors (Lipinski definition) is 0. The van der Waals surface area contributed by atoms with Gasteiger partial charge in [0.15, 0.2) is 0 Å². The van der Waals surface area contributed by atoms with Crippen LogP contribution in [0.2, 0.25) is 0 Å². The average Bonchev–Trinajstić information content (AvgIpc) is 1.46. The first-order valence-electron chi connectivity index (χ1n) is 0.500. The van der Waals surface area contributed by atoms with Gasteiger partial charge in [-0.2, -0.15) is 0 Å². The Balaban J connectivity index is 0. The Morgan fingerprint density at radius 2 is 1.40 bits per heavy atom. The molecule has 0 saturated carbocycles. The summed E-state index contributed by atoms with van der Waals surface area (Å²) >= 11 is -0.250. The molecule has 0 aromatic rings. The maximum absolute atomic E-state index is 8.33. The van der Waals surface area contributed by atoms with Gasteiger partial charge in [-0.1, -0.05) is 0 Å². The molecule has 0 rings (SSSR count). The predicted octanol–water partition coefficient (Wildman–Crippen LogP) is 1.17. The van der Waals surface area contributed by atoms with Gasteiger partial charge in [-0.3, -0.25) is 0 Å². The zero-order valence-electron chi connectivity index (χ0n) is 2.04. The Morgan fingerprint density at radius 3 is 1.40 bits per heavy atom. The van der Waals surface area contributed by atoms with Gasteiger partial charge in [-0.15, -0.1) is 0 Å². The van der Waals surface area contributed by atoms with Crippen LogP contribution in [0.15, 0.2) is 0 Å². The van der Waals surface area contributed by atoms with E-state index in [9.17, 15) is 0 Å². The van der Waals surface area contributed by atoms with Crippen molar-refractivity contribution < 1.29 is 38.1 Å². The molecule has 5 heteroatoms. The molecule has 0 aliphatic rings. The van der Waals surface area contributed by atoms with Crippen LogP contribution >= 0.6 is 19.6 Å². The van der Waals surface area contributed by atoms with Gasteiger partial charge >= 0.3 is 57.7 Å². The maximum atomic E-state index is 8.33. The molecule has 0 unspecified atom stereocenters. The average molecular weight is 448 g/mol. The monoisotopic (exact) mass is 448 g/mol. The quantitative estimate of drug-likeness (QED) is 0.555. The van der Waals surface area contributed by atoms with Crippen LogP contribution in [0.4, 0.5) is 0 Å². The SMILES string of the molecule is [O]=[W].[S]=[W]=[S]. The molecule has 0 spiro atoms. The number of hydrogen-bond acceptors (Lipinski definition) is 3. The second-order valence-corrected chi connectivity index (χ2v) is 5.01. The molecule has 5 heavy (non-hydrogen) atoms. The molecule has 0 aromatic heterocycles. The Bertz CT molecular complexity index is 36.9. The summed E-state index contributed by atoms with van der Waals surface area (Å²) < 4.78 is 8.33. The van der Waals surface area contributed by atoms with Crippen LogP contribution in [0, 0.1) is 0 Å². The molecule has 0 saturated heterocycles. The number of rotatable bonds is 0. The second-order valence-electron chi connectivity index (χ2n) is 0.0680. The molecular formula is OS2W2. The first-order chi connectivity index (χ1) is 2.41. The zero-order valence-corrected chi connectivity index (χ0v) is 9.54. The van der Waals surface area contributed by atoms with Crippen molar-refractivity contribution in [1.82, 2.24) is 0 Å². The van der Waals surface area contributed by atoms with Gasteiger partial charge in [-0.25, -0.2) is 0 Å². The summed E-state index contributed by atoms with van der Waals surface area (Å²) in [6, 6.07) is 0. The second kappa shape index (κ2) is 17.5. The van der Waals surface area contributed by atoms with E-state index in [1.165, 1.54) is 0 Å². The summed E-state index contributed by atoms with van der Waals surface area (Å²) in [4.78, 5) is 0. The molecule has 0 bridgehead atoms. The van der Waals surface area contributed by atoms with Crippen LogP contribution in [0.1, 0.15) is 0 Å². The Hall–Kier alpha value is 1.62. The fourth-order valence-electron chi connectivity index (χ4n) is 0. The van der Waals surface area contributed by atoms with Gasteiger partial charge in [-0.05, 0) is 0 Å². The van der Waals surface area contributed by atoms with E-state index in [4.69, 9.17) is 3.40 Å². The fourth-order valence-corrected chi connectivity index (χ4v) is 0. The molecule has 0 aliphatic carbocycles. The van der Waals surface area contributed by atoms with E-state index in [1.807, 2.05) is 0 Å². The van der Waals surface area contributed by atoms with Gasteiger partial charge in [0.2, 0.25) is 0 Å². The summed E-state index contributed by atoms with van der Waals surface area (Å²) in [6.07, 6.45) is 0. The third kappa shape index (κ3) is 28.1. The van der Waals surface area contributed by atoms with Crippen LogP contribution in [0.5, 0.6) is 0 Å². The predicted molar refractivity (Wildman–Crippen MR) is 15.9 cm³/mol. The summed E-state index contributed by atoms with van der Waals surface area (Å²) in [5.74, 6) is 0. The van der Waals surface area contributed by atoms with Gasteiger partial charge in [0, 0.05) is 0 Å². The molecule has 0 atom stereocenters. The minimum atomic E-state index is -0.583. The van der Waals surface area contributed by atoms with Crippen LogP contribution in [0.3, 0.4) is 0 Å². The molecule has 1 nitrogen and oxygen atoms in total. The molecule has 0 aliphatic heterocycles. The molecule has 0 fully saturated rings. The summed E-state index contributed by atoms with van der Waals surface area (Å²) in [5.41, 5.74) is 0. The zero-order chi connectivity index (χ0) is 4.71. The van der Waals surface area contributed by atoms with E-state index in [1.54, 1.807) is 0 Å². The van der Waals surface area contributed by atoms with E-state index < -0.39 is 14.9 Å². The summed E-state index contributed by atoms with van der Waals surface area (Å²) in [7, 11) is 8.75. The normalized spacial score (nSPS) is 3.20. The van der Waals surface area contributed by atoms with Crippen LogP contribution < -0.4 is 0 Å². The Labute approximate surface area is 57.2 Å². The van der Waals surface area contributed by atoms with Gasteiger partial charge in [0.25, 0.3) is 0 Å². The fraction of sp³-hybridized carbons (Fsp3) is 0. The molecule has 0 N–H and O–H groups in total. The van der Waals surface area contributed by atoms with Gasteiger partial charge in [0.05, 0.1) is 0 Å². The third-order valence-electron chi connectivity index (χ3n) is 0. The third-order valence-corrected chi connectivity index (χ3v) is 0.